The summed E-state index contributed by atoms with van der Waals surface area (Å²) in [5, 5.41) is 10.9. The maximum Gasteiger partial charge on any atom is 0.119 e. The van der Waals surface area contributed by atoms with Gasteiger partial charge in [-0.05, 0) is 54.4 Å². The number of halogens is 1. The number of rotatable bonds is 6. The van der Waals surface area contributed by atoms with Crippen LogP contribution in [-0.4, -0.2) is 18.3 Å². The van der Waals surface area contributed by atoms with Crippen LogP contribution in [0.5, 0.6) is 5.75 Å². The Morgan fingerprint density at radius 3 is 2.52 bits per heavy atom. The lowest BCUT2D eigenvalue weighted by Crippen LogP contribution is -2.35. The predicted octanol–water partition coefficient (Wildman–Crippen LogP) is 4.97. The van der Waals surface area contributed by atoms with Crippen molar-refractivity contribution >= 4 is 15.9 Å². The molecule has 2 nitrogen and oxygen atoms in total. The van der Waals surface area contributed by atoms with Gasteiger partial charge in [-0.1, -0.05) is 42.6 Å². The Balaban J connectivity index is 2.17. The number of ether oxygens (including phenoxy) is 1. The number of benzene rings is 1. The SMILES string of the molecule is COc1ccc(Br)c(CC(O)C2(CC(C)C)CCCC2)c1. The summed E-state index contributed by atoms with van der Waals surface area (Å²) in [6.45, 7) is 4.52. The van der Waals surface area contributed by atoms with E-state index in [2.05, 4.69) is 29.8 Å². The topological polar surface area (TPSA) is 29.5 Å². The lowest BCUT2D eigenvalue weighted by Gasteiger charge is -2.36. The van der Waals surface area contributed by atoms with E-state index in [1.807, 2.05) is 18.2 Å². The summed E-state index contributed by atoms with van der Waals surface area (Å²) in [4.78, 5) is 0. The minimum absolute atomic E-state index is 0.108. The first kappa shape index (κ1) is 16.8. The van der Waals surface area contributed by atoms with Gasteiger partial charge in [0.25, 0.3) is 0 Å². The molecule has 1 fully saturated rings. The second-order valence-corrected chi connectivity index (χ2v) is 7.70. The van der Waals surface area contributed by atoms with Gasteiger partial charge in [0.1, 0.15) is 5.75 Å². The molecule has 1 aromatic rings. The van der Waals surface area contributed by atoms with Crippen molar-refractivity contribution in [3.05, 3.63) is 28.2 Å². The van der Waals surface area contributed by atoms with E-state index in [4.69, 9.17) is 4.74 Å². The van der Waals surface area contributed by atoms with Crippen LogP contribution in [0, 0.1) is 11.3 Å². The van der Waals surface area contributed by atoms with Gasteiger partial charge in [0, 0.05) is 10.9 Å². The minimum Gasteiger partial charge on any atom is -0.497 e. The molecule has 1 aliphatic carbocycles. The van der Waals surface area contributed by atoms with Gasteiger partial charge in [0.05, 0.1) is 13.2 Å². The molecule has 3 heteroatoms. The molecular formula is C18H27BrO2. The normalized spacial score (nSPS) is 19.0. The summed E-state index contributed by atoms with van der Waals surface area (Å²) < 4.78 is 6.36. The van der Waals surface area contributed by atoms with Crippen LogP contribution < -0.4 is 4.74 Å². The molecule has 0 spiro atoms. The minimum atomic E-state index is -0.272. The molecule has 0 heterocycles. The highest BCUT2D eigenvalue weighted by molar-refractivity contribution is 9.10. The van der Waals surface area contributed by atoms with E-state index in [-0.39, 0.29) is 11.5 Å². The van der Waals surface area contributed by atoms with E-state index in [0.717, 1.165) is 35.0 Å². The van der Waals surface area contributed by atoms with Crippen LogP contribution in [0.15, 0.2) is 22.7 Å². The first-order valence-electron chi connectivity index (χ1n) is 7.97. The van der Waals surface area contributed by atoms with Gasteiger partial charge in [0.2, 0.25) is 0 Å². The second-order valence-electron chi connectivity index (χ2n) is 6.84. The summed E-state index contributed by atoms with van der Waals surface area (Å²) in [7, 11) is 1.68. The van der Waals surface area contributed by atoms with Gasteiger partial charge in [-0.2, -0.15) is 0 Å². The van der Waals surface area contributed by atoms with Gasteiger partial charge in [-0.15, -0.1) is 0 Å². The number of methoxy groups -OCH3 is 1. The van der Waals surface area contributed by atoms with Crippen molar-refractivity contribution < 1.29 is 9.84 Å². The molecule has 21 heavy (non-hydrogen) atoms. The first-order valence-corrected chi connectivity index (χ1v) is 8.76. The molecule has 0 aromatic heterocycles. The fourth-order valence-electron chi connectivity index (χ4n) is 3.82. The van der Waals surface area contributed by atoms with Crippen LogP contribution in [0.2, 0.25) is 0 Å². The van der Waals surface area contributed by atoms with E-state index < -0.39 is 0 Å². The molecule has 0 radical (unpaired) electrons. The van der Waals surface area contributed by atoms with Gasteiger partial charge in [-0.25, -0.2) is 0 Å². The fourth-order valence-corrected chi connectivity index (χ4v) is 4.23. The number of aliphatic hydroxyl groups is 1. The Morgan fingerprint density at radius 2 is 1.95 bits per heavy atom. The Morgan fingerprint density at radius 1 is 1.29 bits per heavy atom. The van der Waals surface area contributed by atoms with Crippen molar-refractivity contribution in [2.75, 3.05) is 7.11 Å². The van der Waals surface area contributed by atoms with Crippen LogP contribution in [0.3, 0.4) is 0 Å². The highest BCUT2D eigenvalue weighted by Crippen LogP contribution is 2.47. The molecule has 1 aliphatic rings. The van der Waals surface area contributed by atoms with Crippen molar-refractivity contribution in [3.63, 3.8) is 0 Å². The number of hydrogen-bond donors (Lipinski definition) is 1. The van der Waals surface area contributed by atoms with E-state index in [1.165, 1.54) is 12.8 Å². The van der Waals surface area contributed by atoms with E-state index in [9.17, 15) is 5.11 Å². The zero-order valence-electron chi connectivity index (χ0n) is 13.4. The van der Waals surface area contributed by atoms with Crippen LogP contribution in [0.1, 0.15) is 51.5 Å². The molecule has 118 valence electrons. The molecule has 1 N–H and O–H groups in total. The molecule has 1 saturated carbocycles. The quantitative estimate of drug-likeness (QED) is 0.781. The molecule has 1 atom stereocenters. The van der Waals surface area contributed by atoms with Crippen molar-refractivity contribution in [1.29, 1.82) is 0 Å². The van der Waals surface area contributed by atoms with E-state index >= 15 is 0 Å². The second kappa shape index (κ2) is 7.15. The maximum absolute atomic E-state index is 10.9. The van der Waals surface area contributed by atoms with Crippen molar-refractivity contribution in [3.8, 4) is 5.75 Å². The maximum atomic E-state index is 10.9. The Labute approximate surface area is 137 Å². The van der Waals surface area contributed by atoms with Gasteiger partial charge < -0.3 is 9.84 Å². The van der Waals surface area contributed by atoms with E-state index in [1.54, 1.807) is 7.11 Å². The first-order chi connectivity index (χ1) is 9.97. The molecule has 0 amide bonds. The van der Waals surface area contributed by atoms with Crippen LogP contribution in [-0.2, 0) is 6.42 Å². The molecule has 1 unspecified atom stereocenters. The fraction of sp³-hybridized carbons (Fsp3) is 0.667. The largest absolute Gasteiger partial charge is 0.497 e. The molecule has 2 rings (SSSR count). The molecular weight excluding hydrogens is 328 g/mol. The summed E-state index contributed by atoms with van der Waals surface area (Å²) in [5.41, 5.74) is 1.24. The summed E-state index contributed by atoms with van der Waals surface area (Å²) in [6.07, 6.45) is 6.37. The Bertz CT molecular complexity index is 464. The average Bonchev–Trinajstić information content (AvgIpc) is 2.90. The molecule has 1 aromatic carbocycles. The molecule has 0 aliphatic heterocycles. The van der Waals surface area contributed by atoms with Gasteiger partial charge >= 0.3 is 0 Å². The van der Waals surface area contributed by atoms with Crippen molar-refractivity contribution in [2.45, 2.75) is 58.5 Å². The van der Waals surface area contributed by atoms with Crippen LogP contribution in [0.25, 0.3) is 0 Å². The van der Waals surface area contributed by atoms with Crippen molar-refractivity contribution in [1.82, 2.24) is 0 Å². The van der Waals surface area contributed by atoms with E-state index in [0.29, 0.717) is 12.3 Å². The average molecular weight is 355 g/mol. The predicted molar refractivity (Wildman–Crippen MR) is 90.8 cm³/mol. The lowest BCUT2D eigenvalue weighted by molar-refractivity contribution is 0.0132. The summed E-state index contributed by atoms with van der Waals surface area (Å²) in [5.74, 6) is 1.48. The molecule has 0 bridgehead atoms. The zero-order chi connectivity index (χ0) is 15.5. The van der Waals surface area contributed by atoms with Crippen LogP contribution >= 0.6 is 15.9 Å². The standard InChI is InChI=1S/C18H27BrO2/c1-13(2)12-18(8-4-5-9-18)17(20)11-14-10-15(21-3)6-7-16(14)19/h6-7,10,13,17,20H,4-5,8-9,11-12H2,1-3H3. The molecule has 0 saturated heterocycles. The van der Waals surface area contributed by atoms with Gasteiger partial charge in [0.15, 0.2) is 0 Å². The van der Waals surface area contributed by atoms with Crippen LogP contribution in [0.4, 0.5) is 0 Å². The summed E-state index contributed by atoms with van der Waals surface area (Å²) in [6, 6.07) is 5.98. The Kier molecular flexibility index (Phi) is 5.73. The monoisotopic (exact) mass is 354 g/mol. The number of aliphatic hydroxyl groups excluding tert-OH is 1. The highest BCUT2D eigenvalue weighted by Gasteiger charge is 2.40. The Hall–Kier alpha value is -0.540. The third-order valence-corrected chi connectivity index (χ3v) is 5.56. The smallest absolute Gasteiger partial charge is 0.119 e. The third kappa shape index (κ3) is 4.01. The third-order valence-electron chi connectivity index (χ3n) is 4.79. The summed E-state index contributed by atoms with van der Waals surface area (Å²) >= 11 is 3.60. The number of hydrogen-bond acceptors (Lipinski definition) is 2. The lowest BCUT2D eigenvalue weighted by atomic mass is 9.72. The zero-order valence-corrected chi connectivity index (χ0v) is 14.9. The highest BCUT2D eigenvalue weighted by atomic mass is 79.9. The van der Waals surface area contributed by atoms with Crippen molar-refractivity contribution in [2.24, 2.45) is 11.3 Å². The van der Waals surface area contributed by atoms with Gasteiger partial charge in [-0.3, -0.25) is 0 Å².